The normalized spacial score (nSPS) is 22.9. The van der Waals surface area contributed by atoms with E-state index in [1.54, 1.807) is 0 Å². The fourth-order valence-corrected chi connectivity index (χ4v) is 2.18. The van der Waals surface area contributed by atoms with Gasteiger partial charge >= 0.3 is 0 Å². The van der Waals surface area contributed by atoms with E-state index in [-0.39, 0.29) is 23.7 Å². The number of halogens is 1. The molecule has 3 N–H and O–H groups in total. The van der Waals surface area contributed by atoms with Gasteiger partial charge in [0.1, 0.15) is 5.69 Å². The molecule has 0 aromatic carbocycles. The smallest absolute Gasteiger partial charge is 0.274 e. The van der Waals surface area contributed by atoms with Gasteiger partial charge < -0.3 is 10.6 Å². The van der Waals surface area contributed by atoms with Gasteiger partial charge in [-0.25, -0.2) is 0 Å². The first kappa shape index (κ1) is 15.0. The van der Waals surface area contributed by atoms with Crippen molar-refractivity contribution in [2.45, 2.75) is 26.7 Å². The van der Waals surface area contributed by atoms with E-state index in [2.05, 4.69) is 17.1 Å². The van der Waals surface area contributed by atoms with Crippen LogP contribution >= 0.6 is 12.4 Å². The highest BCUT2D eigenvalue weighted by atomic mass is 35.5. The number of hydrogen-bond acceptors (Lipinski definition) is 3. The second kappa shape index (κ2) is 5.71. The topological polar surface area (TPSA) is 75.0 Å². The standard InChI is InChI=1S/C12H20N4O.ClH/c1-3-9-6-10(15-14-9)11(17)16-5-4-12(2,7-13)8-16;/h6H,3-5,7-8,13H2,1-2H3,(H,14,15);1H. The molecule has 1 aliphatic rings. The molecular weight excluding hydrogens is 252 g/mol. The molecule has 2 heterocycles. The number of nitrogens with one attached hydrogen (secondary N) is 1. The molecule has 0 bridgehead atoms. The lowest BCUT2D eigenvalue weighted by Gasteiger charge is -2.21. The molecule has 2 rings (SSSR count). The first-order chi connectivity index (χ1) is 8.08. The molecule has 1 atom stereocenters. The Labute approximate surface area is 114 Å². The van der Waals surface area contributed by atoms with E-state index in [0.29, 0.717) is 12.2 Å². The van der Waals surface area contributed by atoms with Crippen LogP contribution in [0.15, 0.2) is 6.07 Å². The van der Waals surface area contributed by atoms with Crippen molar-refractivity contribution < 1.29 is 4.79 Å². The number of H-pyrrole nitrogens is 1. The number of nitrogens with two attached hydrogens (primary N) is 1. The Morgan fingerprint density at radius 2 is 2.39 bits per heavy atom. The molecule has 102 valence electrons. The number of aryl methyl sites for hydroxylation is 1. The van der Waals surface area contributed by atoms with Crippen LogP contribution in [-0.4, -0.2) is 40.6 Å². The summed E-state index contributed by atoms with van der Waals surface area (Å²) in [5, 5.41) is 6.93. The molecule has 0 spiro atoms. The van der Waals surface area contributed by atoms with E-state index in [1.165, 1.54) is 0 Å². The Kier molecular flexibility index (Phi) is 4.76. The fraction of sp³-hybridized carbons (Fsp3) is 0.667. The number of likely N-dealkylation sites (tertiary alicyclic amines) is 1. The van der Waals surface area contributed by atoms with Crippen LogP contribution in [-0.2, 0) is 6.42 Å². The van der Waals surface area contributed by atoms with Crippen LogP contribution < -0.4 is 5.73 Å². The average Bonchev–Trinajstić information content (AvgIpc) is 2.95. The van der Waals surface area contributed by atoms with Gasteiger partial charge in [-0.2, -0.15) is 5.10 Å². The Morgan fingerprint density at radius 3 is 2.89 bits per heavy atom. The molecule has 0 radical (unpaired) electrons. The number of rotatable bonds is 3. The van der Waals surface area contributed by atoms with Gasteiger partial charge in [-0.15, -0.1) is 12.4 Å². The summed E-state index contributed by atoms with van der Waals surface area (Å²) in [7, 11) is 0. The molecule has 1 amide bonds. The Bertz CT molecular complexity index is 420. The molecule has 5 nitrogen and oxygen atoms in total. The van der Waals surface area contributed by atoms with Crippen molar-refractivity contribution in [1.82, 2.24) is 15.1 Å². The van der Waals surface area contributed by atoms with Gasteiger partial charge in [-0.05, 0) is 30.9 Å². The third-order valence-corrected chi connectivity index (χ3v) is 3.57. The number of carbonyl (C=O) groups excluding carboxylic acids is 1. The minimum atomic E-state index is 0. The van der Waals surface area contributed by atoms with Crippen LogP contribution in [0.4, 0.5) is 0 Å². The summed E-state index contributed by atoms with van der Waals surface area (Å²) in [6.45, 7) is 6.29. The molecule has 6 heteroatoms. The number of nitrogens with zero attached hydrogens (tertiary/aromatic N) is 2. The van der Waals surface area contributed by atoms with Gasteiger partial charge in [-0.3, -0.25) is 9.89 Å². The molecule has 18 heavy (non-hydrogen) atoms. The van der Waals surface area contributed by atoms with Crippen molar-refractivity contribution in [3.8, 4) is 0 Å². The number of carbonyl (C=O) groups is 1. The minimum absolute atomic E-state index is 0. The summed E-state index contributed by atoms with van der Waals surface area (Å²) >= 11 is 0. The molecule has 1 saturated heterocycles. The van der Waals surface area contributed by atoms with Crippen molar-refractivity contribution in [2.24, 2.45) is 11.1 Å². The van der Waals surface area contributed by atoms with Gasteiger partial charge in [0.15, 0.2) is 0 Å². The molecule has 0 saturated carbocycles. The first-order valence-electron chi connectivity index (χ1n) is 6.11. The fourth-order valence-electron chi connectivity index (χ4n) is 2.18. The highest BCUT2D eigenvalue weighted by Crippen LogP contribution is 2.29. The largest absolute Gasteiger partial charge is 0.337 e. The lowest BCUT2D eigenvalue weighted by molar-refractivity contribution is 0.0771. The van der Waals surface area contributed by atoms with Crippen molar-refractivity contribution >= 4 is 18.3 Å². The summed E-state index contributed by atoms with van der Waals surface area (Å²) in [5.41, 5.74) is 7.32. The molecule has 1 aromatic heterocycles. The second-order valence-corrected chi connectivity index (χ2v) is 5.12. The van der Waals surface area contributed by atoms with E-state index in [0.717, 1.165) is 31.6 Å². The van der Waals surface area contributed by atoms with Crippen molar-refractivity contribution in [2.75, 3.05) is 19.6 Å². The van der Waals surface area contributed by atoms with Gasteiger partial charge in [0.05, 0.1) is 0 Å². The zero-order chi connectivity index (χ0) is 12.5. The van der Waals surface area contributed by atoms with Gasteiger partial charge in [-0.1, -0.05) is 13.8 Å². The maximum atomic E-state index is 12.2. The molecule has 1 aliphatic heterocycles. The monoisotopic (exact) mass is 272 g/mol. The van der Waals surface area contributed by atoms with Crippen molar-refractivity contribution in [3.63, 3.8) is 0 Å². The third-order valence-electron chi connectivity index (χ3n) is 3.57. The minimum Gasteiger partial charge on any atom is -0.337 e. The highest BCUT2D eigenvalue weighted by Gasteiger charge is 2.35. The van der Waals surface area contributed by atoms with Gasteiger partial charge in [0, 0.05) is 18.8 Å². The summed E-state index contributed by atoms with van der Waals surface area (Å²) in [4.78, 5) is 14.0. The summed E-state index contributed by atoms with van der Waals surface area (Å²) in [5.74, 6) is 0.0122. The quantitative estimate of drug-likeness (QED) is 0.868. The average molecular weight is 273 g/mol. The Morgan fingerprint density at radius 1 is 1.67 bits per heavy atom. The van der Waals surface area contributed by atoms with Crippen molar-refractivity contribution in [1.29, 1.82) is 0 Å². The van der Waals surface area contributed by atoms with E-state index in [4.69, 9.17) is 5.73 Å². The third kappa shape index (κ3) is 2.84. The predicted octanol–water partition coefficient (Wildman–Crippen LogP) is 1.20. The Hall–Kier alpha value is -1.07. The molecular formula is C12H21ClN4O. The molecule has 1 unspecified atom stereocenters. The summed E-state index contributed by atoms with van der Waals surface area (Å²) < 4.78 is 0. The summed E-state index contributed by atoms with van der Waals surface area (Å²) in [6, 6.07) is 1.83. The number of hydrogen-bond donors (Lipinski definition) is 2. The number of amides is 1. The van der Waals surface area contributed by atoms with E-state index < -0.39 is 0 Å². The van der Waals surface area contributed by atoms with Crippen LogP contribution in [0.5, 0.6) is 0 Å². The molecule has 0 aliphatic carbocycles. The van der Waals surface area contributed by atoms with Crippen LogP contribution in [0.3, 0.4) is 0 Å². The first-order valence-corrected chi connectivity index (χ1v) is 6.11. The van der Waals surface area contributed by atoms with Crippen LogP contribution in [0.25, 0.3) is 0 Å². The molecule has 1 aromatic rings. The van der Waals surface area contributed by atoms with Crippen LogP contribution in [0.2, 0.25) is 0 Å². The summed E-state index contributed by atoms with van der Waals surface area (Å²) in [6.07, 6.45) is 1.83. The number of aromatic amines is 1. The predicted molar refractivity (Wildman–Crippen MR) is 72.9 cm³/mol. The van der Waals surface area contributed by atoms with Crippen LogP contribution in [0, 0.1) is 5.41 Å². The van der Waals surface area contributed by atoms with Crippen LogP contribution in [0.1, 0.15) is 36.5 Å². The number of aromatic nitrogens is 2. The maximum absolute atomic E-state index is 12.2. The van der Waals surface area contributed by atoms with E-state index in [1.807, 2.05) is 17.9 Å². The maximum Gasteiger partial charge on any atom is 0.274 e. The lowest BCUT2D eigenvalue weighted by Crippen LogP contribution is -2.34. The zero-order valence-corrected chi connectivity index (χ0v) is 11.7. The zero-order valence-electron chi connectivity index (χ0n) is 10.9. The SMILES string of the molecule is CCc1cc(C(=O)N2CCC(C)(CN)C2)n[nH]1.Cl. The highest BCUT2D eigenvalue weighted by molar-refractivity contribution is 5.92. The van der Waals surface area contributed by atoms with E-state index in [9.17, 15) is 4.79 Å². The molecule has 1 fully saturated rings. The Balaban J connectivity index is 0.00000162. The second-order valence-electron chi connectivity index (χ2n) is 5.12. The van der Waals surface area contributed by atoms with Crippen molar-refractivity contribution in [3.05, 3.63) is 17.5 Å². The lowest BCUT2D eigenvalue weighted by atomic mass is 9.90. The van der Waals surface area contributed by atoms with E-state index >= 15 is 0 Å². The van der Waals surface area contributed by atoms with Gasteiger partial charge in [0.2, 0.25) is 0 Å². The van der Waals surface area contributed by atoms with Gasteiger partial charge in [0.25, 0.3) is 5.91 Å².